The summed E-state index contributed by atoms with van der Waals surface area (Å²) in [5.74, 6) is -0.389. The minimum Gasteiger partial charge on any atom is -0.493 e. The van der Waals surface area contributed by atoms with Crippen molar-refractivity contribution in [2.75, 3.05) is 25.6 Å². The summed E-state index contributed by atoms with van der Waals surface area (Å²) in [6, 6.07) is 3.50. The largest absolute Gasteiger partial charge is 0.493 e. The zero-order valence-electron chi connectivity index (χ0n) is 12.3. The Morgan fingerprint density at radius 1 is 1.24 bits per heavy atom. The highest BCUT2D eigenvalue weighted by molar-refractivity contribution is 6.08. The van der Waals surface area contributed by atoms with E-state index in [4.69, 9.17) is 15.2 Å². The first-order valence-electron chi connectivity index (χ1n) is 6.57. The van der Waals surface area contributed by atoms with E-state index in [2.05, 4.69) is 10.1 Å². The number of hydrogen-bond acceptors (Lipinski definition) is 6. The Kier molecular flexibility index (Phi) is 6.48. The molecule has 7 heteroatoms. The molecule has 0 bridgehead atoms. The number of ether oxygens (including phenoxy) is 3. The third-order valence-corrected chi connectivity index (χ3v) is 2.55. The molecule has 0 aliphatic heterocycles. The van der Waals surface area contributed by atoms with E-state index in [9.17, 15) is 9.59 Å². The molecular formula is C14H20N2O5. The number of hydrogen-bond donors (Lipinski definition) is 2. The van der Waals surface area contributed by atoms with Gasteiger partial charge in [0, 0.05) is 11.8 Å². The van der Waals surface area contributed by atoms with Crippen molar-refractivity contribution in [3.05, 3.63) is 18.2 Å². The van der Waals surface area contributed by atoms with Gasteiger partial charge in [-0.25, -0.2) is 4.79 Å². The SMILES string of the molecule is CCOC(=O)C(N)C(=O)Nc1ccc(OCC)c(OC)c1. The highest BCUT2D eigenvalue weighted by atomic mass is 16.5. The van der Waals surface area contributed by atoms with Gasteiger partial charge in [0.2, 0.25) is 0 Å². The molecule has 21 heavy (non-hydrogen) atoms. The van der Waals surface area contributed by atoms with Gasteiger partial charge in [0.25, 0.3) is 5.91 Å². The molecule has 0 aliphatic rings. The lowest BCUT2D eigenvalue weighted by Crippen LogP contribution is -2.43. The summed E-state index contributed by atoms with van der Waals surface area (Å²) < 4.78 is 15.2. The van der Waals surface area contributed by atoms with Crippen molar-refractivity contribution in [1.82, 2.24) is 0 Å². The molecule has 0 spiro atoms. The van der Waals surface area contributed by atoms with E-state index in [1.165, 1.54) is 7.11 Å². The van der Waals surface area contributed by atoms with Crippen LogP contribution in [-0.4, -0.2) is 38.2 Å². The highest BCUT2D eigenvalue weighted by Gasteiger charge is 2.23. The molecule has 1 rings (SSSR count). The van der Waals surface area contributed by atoms with Crippen LogP contribution >= 0.6 is 0 Å². The van der Waals surface area contributed by atoms with Gasteiger partial charge in [-0.15, -0.1) is 0 Å². The quantitative estimate of drug-likeness (QED) is 0.573. The van der Waals surface area contributed by atoms with Crippen molar-refractivity contribution in [1.29, 1.82) is 0 Å². The third-order valence-electron chi connectivity index (χ3n) is 2.55. The van der Waals surface area contributed by atoms with Gasteiger partial charge < -0.3 is 25.3 Å². The summed E-state index contributed by atoms with van der Waals surface area (Å²) in [4.78, 5) is 23.2. The van der Waals surface area contributed by atoms with Gasteiger partial charge in [0.15, 0.2) is 17.5 Å². The molecule has 1 amide bonds. The Morgan fingerprint density at radius 3 is 2.52 bits per heavy atom. The van der Waals surface area contributed by atoms with Crippen LogP contribution < -0.4 is 20.5 Å². The first kappa shape index (κ1) is 16.8. The van der Waals surface area contributed by atoms with Crippen LogP contribution in [0, 0.1) is 0 Å². The maximum atomic E-state index is 11.8. The van der Waals surface area contributed by atoms with Crippen molar-refractivity contribution < 1.29 is 23.8 Å². The van der Waals surface area contributed by atoms with Crippen LogP contribution in [0.3, 0.4) is 0 Å². The van der Waals surface area contributed by atoms with Crippen molar-refractivity contribution in [3.63, 3.8) is 0 Å². The predicted molar refractivity (Wildman–Crippen MR) is 77.4 cm³/mol. The fourth-order valence-corrected chi connectivity index (χ4v) is 1.58. The van der Waals surface area contributed by atoms with E-state index in [1.54, 1.807) is 25.1 Å². The first-order chi connectivity index (χ1) is 10.0. The van der Waals surface area contributed by atoms with E-state index in [-0.39, 0.29) is 6.61 Å². The second-order valence-electron chi connectivity index (χ2n) is 4.02. The lowest BCUT2D eigenvalue weighted by Gasteiger charge is -2.13. The lowest BCUT2D eigenvalue weighted by atomic mass is 10.2. The molecule has 7 nitrogen and oxygen atoms in total. The van der Waals surface area contributed by atoms with Crippen LogP contribution in [0.1, 0.15) is 13.8 Å². The van der Waals surface area contributed by atoms with Crippen molar-refractivity contribution in [2.24, 2.45) is 5.73 Å². The molecule has 116 valence electrons. The van der Waals surface area contributed by atoms with Crippen LogP contribution in [-0.2, 0) is 14.3 Å². The topological polar surface area (TPSA) is 99.9 Å². The fourth-order valence-electron chi connectivity index (χ4n) is 1.58. The number of nitrogens with one attached hydrogen (secondary N) is 1. The summed E-state index contributed by atoms with van der Waals surface area (Å²) in [7, 11) is 1.49. The number of esters is 1. The van der Waals surface area contributed by atoms with Crippen LogP contribution in [0.25, 0.3) is 0 Å². The van der Waals surface area contributed by atoms with Gasteiger partial charge in [-0.05, 0) is 26.0 Å². The van der Waals surface area contributed by atoms with E-state index < -0.39 is 17.9 Å². The van der Waals surface area contributed by atoms with Gasteiger partial charge in [-0.2, -0.15) is 0 Å². The van der Waals surface area contributed by atoms with E-state index in [1.807, 2.05) is 6.92 Å². The van der Waals surface area contributed by atoms with Gasteiger partial charge in [0.1, 0.15) is 0 Å². The van der Waals surface area contributed by atoms with Crippen molar-refractivity contribution in [3.8, 4) is 11.5 Å². The Labute approximate surface area is 123 Å². The minimum atomic E-state index is -1.37. The summed E-state index contributed by atoms with van der Waals surface area (Å²) in [5.41, 5.74) is 5.94. The number of benzene rings is 1. The number of methoxy groups -OCH3 is 1. The molecule has 3 N–H and O–H groups in total. The number of rotatable bonds is 7. The minimum absolute atomic E-state index is 0.163. The lowest BCUT2D eigenvalue weighted by molar-refractivity contribution is -0.146. The van der Waals surface area contributed by atoms with Crippen LogP contribution in [0.5, 0.6) is 11.5 Å². The number of carbonyl (C=O) groups is 2. The molecule has 1 aromatic carbocycles. The summed E-state index contributed by atoms with van der Waals surface area (Å²) in [6.07, 6.45) is 0. The molecule has 0 aliphatic carbocycles. The Hall–Kier alpha value is -2.28. The van der Waals surface area contributed by atoms with E-state index in [0.29, 0.717) is 23.8 Å². The maximum absolute atomic E-state index is 11.8. The smallest absolute Gasteiger partial charge is 0.332 e. The van der Waals surface area contributed by atoms with Gasteiger partial charge in [-0.3, -0.25) is 4.79 Å². The number of anilines is 1. The van der Waals surface area contributed by atoms with Crippen molar-refractivity contribution in [2.45, 2.75) is 19.9 Å². The second kappa shape index (κ2) is 8.11. The van der Waals surface area contributed by atoms with Gasteiger partial charge in [0.05, 0.1) is 20.3 Å². The van der Waals surface area contributed by atoms with Crippen molar-refractivity contribution >= 4 is 17.6 Å². The van der Waals surface area contributed by atoms with Gasteiger partial charge in [-0.1, -0.05) is 0 Å². The van der Waals surface area contributed by atoms with Crippen LogP contribution in [0.2, 0.25) is 0 Å². The average Bonchev–Trinajstić information content (AvgIpc) is 2.48. The standard InChI is InChI=1S/C14H20N2O5/c1-4-20-10-7-6-9(8-11(10)19-3)16-13(17)12(15)14(18)21-5-2/h6-8,12H,4-5,15H2,1-3H3,(H,16,17). The second-order valence-corrected chi connectivity index (χ2v) is 4.02. The maximum Gasteiger partial charge on any atom is 0.332 e. The highest BCUT2D eigenvalue weighted by Crippen LogP contribution is 2.30. The normalized spacial score (nSPS) is 11.4. The monoisotopic (exact) mass is 296 g/mol. The summed E-state index contributed by atoms with van der Waals surface area (Å²) in [5, 5.41) is 2.52. The molecule has 0 saturated heterocycles. The molecule has 1 aromatic rings. The molecule has 0 fully saturated rings. The number of carbonyl (C=O) groups excluding carboxylic acids is 2. The molecule has 0 aromatic heterocycles. The molecular weight excluding hydrogens is 276 g/mol. The van der Waals surface area contributed by atoms with Crippen LogP contribution in [0.4, 0.5) is 5.69 Å². The Morgan fingerprint density at radius 2 is 1.95 bits per heavy atom. The van der Waals surface area contributed by atoms with Crippen LogP contribution in [0.15, 0.2) is 18.2 Å². The average molecular weight is 296 g/mol. The Balaban J connectivity index is 2.78. The zero-order valence-corrected chi connectivity index (χ0v) is 12.3. The van der Waals surface area contributed by atoms with E-state index in [0.717, 1.165) is 0 Å². The molecule has 1 unspecified atom stereocenters. The predicted octanol–water partition coefficient (Wildman–Crippen LogP) is 0.923. The fraction of sp³-hybridized carbons (Fsp3) is 0.429. The number of amides is 1. The summed E-state index contributed by atoms with van der Waals surface area (Å²) >= 11 is 0. The molecule has 0 saturated carbocycles. The van der Waals surface area contributed by atoms with E-state index >= 15 is 0 Å². The summed E-state index contributed by atoms with van der Waals surface area (Å²) in [6.45, 7) is 4.15. The number of nitrogens with two attached hydrogens (primary N) is 1. The zero-order chi connectivity index (χ0) is 15.8. The Bertz CT molecular complexity index is 504. The third kappa shape index (κ3) is 4.64. The first-order valence-corrected chi connectivity index (χ1v) is 6.57. The molecule has 0 radical (unpaired) electrons. The van der Waals surface area contributed by atoms with Gasteiger partial charge >= 0.3 is 5.97 Å². The molecule has 0 heterocycles. The molecule has 1 atom stereocenters.